The number of carboxylic acids is 1. The molecule has 1 atom stereocenters. The van der Waals surface area contributed by atoms with Gasteiger partial charge in [0.2, 0.25) is 5.91 Å². The summed E-state index contributed by atoms with van der Waals surface area (Å²) >= 11 is 0. The van der Waals surface area contributed by atoms with Crippen molar-refractivity contribution < 1.29 is 24.2 Å². The minimum Gasteiger partial charge on any atom is -0.481 e. The van der Waals surface area contributed by atoms with E-state index in [9.17, 15) is 9.59 Å². The molecular weight excluding hydrogens is 290 g/mol. The lowest BCUT2D eigenvalue weighted by Gasteiger charge is -2.24. The smallest absolute Gasteiger partial charge is 0.304 e. The van der Waals surface area contributed by atoms with Crippen molar-refractivity contribution >= 4 is 21.4 Å². The van der Waals surface area contributed by atoms with E-state index < -0.39 is 11.9 Å². The number of hydrogen-bond acceptors (Lipinski definition) is 4. The van der Waals surface area contributed by atoms with Crippen LogP contribution in [0.15, 0.2) is 0 Å². The summed E-state index contributed by atoms with van der Waals surface area (Å²) in [5, 5.41) is 11.8. The summed E-state index contributed by atoms with van der Waals surface area (Å²) in [5.41, 5.74) is -0.354. The van der Waals surface area contributed by atoms with Crippen LogP contribution in [0.3, 0.4) is 0 Å². The lowest BCUT2D eigenvalue weighted by atomic mass is 9.97. The summed E-state index contributed by atoms with van der Waals surface area (Å²) in [6.45, 7) is 5.64. The fourth-order valence-electron chi connectivity index (χ4n) is 1.84. The standard InChI is InChI=1S/C14H27NO5Si/c1-14(2,3)15-12(18)10(9-11(16)17)7-6-8-21-13(19-4)20-5/h10,13H,6-9H2,1-5H3,(H,15,18)(H,16,17). The molecule has 0 saturated carbocycles. The van der Waals surface area contributed by atoms with Gasteiger partial charge in [0.1, 0.15) is 15.4 Å². The molecule has 0 aromatic rings. The van der Waals surface area contributed by atoms with Crippen molar-refractivity contribution in [2.45, 2.75) is 57.5 Å². The van der Waals surface area contributed by atoms with Crippen molar-refractivity contribution in [3.05, 3.63) is 0 Å². The molecule has 122 valence electrons. The van der Waals surface area contributed by atoms with Gasteiger partial charge >= 0.3 is 5.97 Å². The van der Waals surface area contributed by atoms with Gasteiger partial charge in [-0.15, -0.1) is 0 Å². The van der Waals surface area contributed by atoms with Crippen molar-refractivity contribution in [1.29, 1.82) is 0 Å². The van der Waals surface area contributed by atoms with E-state index in [2.05, 4.69) is 5.32 Å². The Bertz CT molecular complexity index is 326. The van der Waals surface area contributed by atoms with Gasteiger partial charge in [-0.2, -0.15) is 0 Å². The van der Waals surface area contributed by atoms with Gasteiger partial charge in [0, 0.05) is 25.7 Å². The van der Waals surface area contributed by atoms with Gasteiger partial charge < -0.3 is 19.9 Å². The maximum absolute atomic E-state index is 12.1. The zero-order chi connectivity index (χ0) is 16.5. The van der Waals surface area contributed by atoms with Crippen molar-refractivity contribution in [2.24, 2.45) is 5.92 Å². The minimum atomic E-state index is -0.946. The van der Waals surface area contributed by atoms with Gasteiger partial charge in [0.05, 0.1) is 6.42 Å². The molecule has 7 heteroatoms. The summed E-state index contributed by atoms with van der Waals surface area (Å²) in [6.07, 6.45) is 1.20. The number of carbonyl (C=O) groups is 2. The van der Waals surface area contributed by atoms with E-state index in [4.69, 9.17) is 14.6 Å². The van der Waals surface area contributed by atoms with Crippen LogP contribution in [0.2, 0.25) is 6.04 Å². The number of ether oxygens (including phenoxy) is 2. The summed E-state index contributed by atoms with van der Waals surface area (Å²) < 4.78 is 10.2. The molecule has 0 aromatic heterocycles. The van der Waals surface area contributed by atoms with E-state index in [1.54, 1.807) is 14.2 Å². The zero-order valence-corrected chi connectivity index (χ0v) is 14.6. The summed E-state index contributed by atoms with van der Waals surface area (Å²) in [6, 6.07) is 0.852. The second kappa shape index (κ2) is 9.91. The molecule has 0 aliphatic heterocycles. The maximum Gasteiger partial charge on any atom is 0.304 e. The Morgan fingerprint density at radius 1 is 1.24 bits per heavy atom. The quantitative estimate of drug-likeness (QED) is 0.362. The van der Waals surface area contributed by atoms with Gasteiger partial charge in [-0.25, -0.2) is 0 Å². The van der Waals surface area contributed by atoms with Gasteiger partial charge in [-0.05, 0) is 27.2 Å². The third-order valence-electron chi connectivity index (χ3n) is 2.76. The topological polar surface area (TPSA) is 84.9 Å². The van der Waals surface area contributed by atoms with E-state index in [1.165, 1.54) is 0 Å². The predicted molar refractivity (Wildman–Crippen MR) is 81.2 cm³/mol. The second-order valence-corrected chi connectivity index (χ2v) is 7.31. The van der Waals surface area contributed by atoms with Crippen molar-refractivity contribution in [2.75, 3.05) is 14.2 Å². The third kappa shape index (κ3) is 10.4. The molecule has 0 bridgehead atoms. The molecule has 21 heavy (non-hydrogen) atoms. The predicted octanol–water partition coefficient (Wildman–Crippen LogP) is 1.47. The van der Waals surface area contributed by atoms with E-state index in [-0.39, 0.29) is 23.8 Å². The molecule has 0 saturated heterocycles. The Morgan fingerprint density at radius 3 is 2.24 bits per heavy atom. The summed E-state index contributed by atoms with van der Waals surface area (Å²) in [7, 11) is 3.66. The number of methoxy groups -OCH3 is 2. The molecule has 1 amide bonds. The molecule has 2 radical (unpaired) electrons. The lowest BCUT2D eigenvalue weighted by molar-refractivity contribution is -0.141. The normalized spacial score (nSPS) is 13.2. The zero-order valence-electron chi connectivity index (χ0n) is 13.6. The minimum absolute atomic E-state index is 0.136. The Hall–Kier alpha value is -0.923. The van der Waals surface area contributed by atoms with Crippen LogP contribution < -0.4 is 5.32 Å². The Morgan fingerprint density at radius 2 is 1.81 bits per heavy atom. The monoisotopic (exact) mass is 317 g/mol. The first-order chi connectivity index (χ1) is 9.69. The number of hydrogen-bond donors (Lipinski definition) is 2. The number of nitrogens with one attached hydrogen (secondary N) is 1. The van der Waals surface area contributed by atoms with Gasteiger partial charge in [0.25, 0.3) is 0 Å². The largest absolute Gasteiger partial charge is 0.481 e. The SMILES string of the molecule is COC(OC)[Si]CCCC(CC(=O)O)C(=O)NC(C)(C)C. The number of carbonyl (C=O) groups excluding carboxylic acids is 1. The average Bonchev–Trinajstić information content (AvgIpc) is 2.35. The van der Waals surface area contributed by atoms with Crippen LogP contribution in [0, 0.1) is 5.92 Å². The van der Waals surface area contributed by atoms with E-state index >= 15 is 0 Å². The highest BCUT2D eigenvalue weighted by Crippen LogP contribution is 2.16. The maximum atomic E-state index is 12.1. The molecule has 0 spiro atoms. The highest BCUT2D eigenvalue weighted by atomic mass is 28.2. The highest BCUT2D eigenvalue weighted by Gasteiger charge is 2.24. The summed E-state index contributed by atoms with van der Waals surface area (Å²) in [5.74, 6) is -1.84. The Labute approximate surface area is 129 Å². The lowest BCUT2D eigenvalue weighted by Crippen LogP contribution is -2.44. The first kappa shape index (κ1) is 20.1. The van der Waals surface area contributed by atoms with Crippen LogP contribution in [0.5, 0.6) is 0 Å². The number of carboxylic acid groups (broad SMARTS) is 1. The molecule has 0 aromatic carbocycles. The molecule has 0 aliphatic rings. The van der Waals surface area contributed by atoms with Crippen LogP contribution in [-0.2, 0) is 19.1 Å². The molecule has 0 rings (SSSR count). The van der Waals surface area contributed by atoms with Crippen LogP contribution >= 0.6 is 0 Å². The van der Waals surface area contributed by atoms with Crippen molar-refractivity contribution in [3.63, 3.8) is 0 Å². The average molecular weight is 317 g/mol. The summed E-state index contributed by atoms with van der Waals surface area (Å²) in [4.78, 5) is 23.0. The number of aliphatic carboxylic acids is 1. The third-order valence-corrected chi connectivity index (χ3v) is 4.21. The fourth-order valence-corrected chi connectivity index (χ4v) is 2.82. The van der Waals surface area contributed by atoms with Crippen LogP contribution in [0.4, 0.5) is 0 Å². The van der Waals surface area contributed by atoms with Crippen LogP contribution in [0.25, 0.3) is 0 Å². The van der Waals surface area contributed by atoms with Crippen LogP contribution in [0.1, 0.15) is 40.0 Å². The first-order valence-electron chi connectivity index (χ1n) is 7.02. The van der Waals surface area contributed by atoms with Gasteiger partial charge in [0.15, 0.2) is 0 Å². The molecule has 6 nitrogen and oxygen atoms in total. The van der Waals surface area contributed by atoms with Crippen molar-refractivity contribution in [3.8, 4) is 0 Å². The van der Waals surface area contributed by atoms with E-state index in [0.29, 0.717) is 15.9 Å². The molecular formula is C14H27NO5Si. The van der Waals surface area contributed by atoms with Gasteiger partial charge in [-0.1, -0.05) is 12.5 Å². The van der Waals surface area contributed by atoms with Gasteiger partial charge in [-0.3, -0.25) is 9.59 Å². The van der Waals surface area contributed by atoms with E-state index in [0.717, 1.165) is 12.5 Å². The molecule has 0 aliphatic carbocycles. The fraction of sp³-hybridized carbons (Fsp3) is 0.857. The van der Waals surface area contributed by atoms with E-state index in [1.807, 2.05) is 20.8 Å². The van der Waals surface area contributed by atoms with Crippen molar-refractivity contribution in [1.82, 2.24) is 5.32 Å². The molecule has 0 heterocycles. The molecule has 0 fully saturated rings. The Kier molecular flexibility index (Phi) is 9.48. The molecule has 1 unspecified atom stereocenters. The highest BCUT2D eigenvalue weighted by molar-refractivity contribution is 6.36. The van der Waals surface area contributed by atoms with Crippen LogP contribution in [-0.4, -0.2) is 52.2 Å². The second-order valence-electron chi connectivity index (χ2n) is 5.93. The number of rotatable bonds is 10. The first-order valence-corrected chi connectivity index (χ1v) is 8.31. The number of amides is 1. The molecule has 2 N–H and O–H groups in total. The Balaban J connectivity index is 4.30.